The smallest absolute Gasteiger partial charge is 0.0393 e. The van der Waals surface area contributed by atoms with Gasteiger partial charge in [-0.25, -0.2) is 0 Å². The minimum Gasteiger partial charge on any atom is -0.398 e. The minimum atomic E-state index is 0.285. The maximum absolute atomic E-state index is 5.94. The number of para-hydroxylation sites is 1. The Morgan fingerprint density at radius 3 is 2.53 bits per heavy atom. The molecule has 0 radical (unpaired) electrons. The highest BCUT2D eigenvalue weighted by Crippen LogP contribution is 2.33. The average molecular weight is 199 g/mol. The fourth-order valence-electron chi connectivity index (χ4n) is 1.78. The maximum atomic E-state index is 5.94. The van der Waals surface area contributed by atoms with Crippen molar-refractivity contribution in [3.8, 4) is 0 Å². The molecule has 0 saturated heterocycles. The zero-order chi connectivity index (χ0) is 10.9. The van der Waals surface area contributed by atoms with Crippen molar-refractivity contribution in [1.82, 2.24) is 0 Å². The molecule has 0 spiro atoms. The highest BCUT2D eigenvalue weighted by Gasteiger charge is 2.16. The molecule has 1 aliphatic carbocycles. The van der Waals surface area contributed by atoms with Crippen LogP contribution in [-0.2, 0) is 0 Å². The van der Waals surface area contributed by atoms with E-state index in [9.17, 15) is 0 Å². The molecule has 2 N–H and O–H groups in total. The standard InChI is InChI=1S/C14H17N/c1-14(2)9-7-11(8-10-14)12-5-3-4-6-13(12)15/h3-9H,10,15H2,1-2H3. The van der Waals surface area contributed by atoms with Crippen molar-refractivity contribution < 1.29 is 0 Å². The highest BCUT2D eigenvalue weighted by molar-refractivity contribution is 5.81. The van der Waals surface area contributed by atoms with Crippen LogP contribution in [-0.4, -0.2) is 0 Å². The Bertz CT molecular complexity index is 425. The second-order valence-corrected chi connectivity index (χ2v) is 4.77. The Morgan fingerprint density at radius 1 is 1.20 bits per heavy atom. The molecule has 0 saturated carbocycles. The molecule has 1 aromatic carbocycles. The van der Waals surface area contributed by atoms with E-state index >= 15 is 0 Å². The summed E-state index contributed by atoms with van der Waals surface area (Å²) in [5.41, 5.74) is 9.47. The van der Waals surface area contributed by atoms with Gasteiger partial charge in [-0.2, -0.15) is 0 Å². The van der Waals surface area contributed by atoms with Crippen LogP contribution in [0, 0.1) is 5.41 Å². The number of hydrogen-bond acceptors (Lipinski definition) is 1. The normalized spacial score (nSPS) is 18.7. The quantitative estimate of drug-likeness (QED) is 0.686. The number of rotatable bonds is 1. The summed E-state index contributed by atoms with van der Waals surface area (Å²) in [7, 11) is 0. The summed E-state index contributed by atoms with van der Waals surface area (Å²) in [6, 6.07) is 8.02. The third kappa shape index (κ3) is 2.12. The summed E-state index contributed by atoms with van der Waals surface area (Å²) in [4.78, 5) is 0. The van der Waals surface area contributed by atoms with Crippen LogP contribution in [0.3, 0.4) is 0 Å². The SMILES string of the molecule is CC1(C)C=CC(c2ccccc2N)=CC1. The Morgan fingerprint density at radius 2 is 1.93 bits per heavy atom. The molecule has 0 heterocycles. The fourth-order valence-corrected chi connectivity index (χ4v) is 1.78. The van der Waals surface area contributed by atoms with Gasteiger partial charge in [-0.3, -0.25) is 0 Å². The number of nitrogens with two attached hydrogens (primary N) is 1. The van der Waals surface area contributed by atoms with Gasteiger partial charge in [-0.1, -0.05) is 50.3 Å². The van der Waals surface area contributed by atoms with Crippen molar-refractivity contribution in [3.05, 3.63) is 48.1 Å². The lowest BCUT2D eigenvalue weighted by Crippen LogP contribution is -2.09. The second-order valence-electron chi connectivity index (χ2n) is 4.77. The molecule has 15 heavy (non-hydrogen) atoms. The Balaban J connectivity index is 2.32. The van der Waals surface area contributed by atoms with Crippen LogP contribution in [0.4, 0.5) is 5.69 Å². The van der Waals surface area contributed by atoms with E-state index in [0.29, 0.717) is 0 Å². The highest BCUT2D eigenvalue weighted by atomic mass is 14.6. The predicted molar refractivity (Wildman–Crippen MR) is 66.4 cm³/mol. The number of hydrogen-bond donors (Lipinski definition) is 1. The van der Waals surface area contributed by atoms with Crippen molar-refractivity contribution in [1.29, 1.82) is 0 Å². The first-order chi connectivity index (χ1) is 7.08. The summed E-state index contributed by atoms with van der Waals surface area (Å²) in [6.45, 7) is 4.48. The first-order valence-electron chi connectivity index (χ1n) is 5.33. The van der Waals surface area contributed by atoms with E-state index in [2.05, 4.69) is 38.1 Å². The van der Waals surface area contributed by atoms with Crippen LogP contribution in [0.1, 0.15) is 25.8 Å². The van der Waals surface area contributed by atoms with Crippen molar-refractivity contribution in [3.63, 3.8) is 0 Å². The van der Waals surface area contributed by atoms with Crippen molar-refractivity contribution in [2.75, 3.05) is 5.73 Å². The zero-order valence-corrected chi connectivity index (χ0v) is 9.33. The van der Waals surface area contributed by atoms with Gasteiger partial charge in [0.05, 0.1) is 0 Å². The lowest BCUT2D eigenvalue weighted by Gasteiger charge is -2.23. The molecule has 0 aliphatic heterocycles. The molecule has 1 heteroatoms. The Labute approximate surface area is 91.3 Å². The lowest BCUT2D eigenvalue weighted by atomic mass is 9.82. The van der Waals surface area contributed by atoms with Crippen LogP contribution in [0.2, 0.25) is 0 Å². The predicted octanol–water partition coefficient (Wildman–Crippen LogP) is 3.64. The van der Waals surface area contributed by atoms with Gasteiger partial charge in [0, 0.05) is 11.3 Å². The number of benzene rings is 1. The third-order valence-electron chi connectivity index (χ3n) is 2.83. The maximum Gasteiger partial charge on any atom is 0.0393 e. The molecule has 0 atom stereocenters. The van der Waals surface area contributed by atoms with Gasteiger partial charge in [0.2, 0.25) is 0 Å². The molecular formula is C14H17N. The Kier molecular flexibility index (Phi) is 2.39. The molecule has 78 valence electrons. The first kappa shape index (κ1) is 10.0. The lowest BCUT2D eigenvalue weighted by molar-refractivity contribution is 0.485. The first-order valence-corrected chi connectivity index (χ1v) is 5.33. The summed E-state index contributed by atoms with van der Waals surface area (Å²) >= 11 is 0. The number of allylic oxidation sites excluding steroid dienone is 4. The van der Waals surface area contributed by atoms with Crippen LogP contribution < -0.4 is 5.73 Å². The van der Waals surface area contributed by atoms with E-state index < -0.39 is 0 Å². The van der Waals surface area contributed by atoms with Gasteiger partial charge in [-0.05, 0) is 23.5 Å². The van der Waals surface area contributed by atoms with E-state index in [1.807, 2.05) is 18.2 Å². The van der Waals surface area contributed by atoms with E-state index in [0.717, 1.165) is 17.7 Å². The van der Waals surface area contributed by atoms with Crippen molar-refractivity contribution in [2.45, 2.75) is 20.3 Å². The summed E-state index contributed by atoms with van der Waals surface area (Å²) in [6.07, 6.45) is 7.78. The zero-order valence-electron chi connectivity index (χ0n) is 9.33. The van der Waals surface area contributed by atoms with E-state index in [1.54, 1.807) is 0 Å². The van der Waals surface area contributed by atoms with Crippen molar-refractivity contribution in [2.24, 2.45) is 5.41 Å². The molecule has 0 aromatic heterocycles. The van der Waals surface area contributed by atoms with E-state index in [4.69, 9.17) is 5.73 Å². The largest absolute Gasteiger partial charge is 0.398 e. The van der Waals surface area contributed by atoms with Crippen LogP contribution >= 0.6 is 0 Å². The van der Waals surface area contributed by atoms with Crippen LogP contribution in [0.25, 0.3) is 5.57 Å². The van der Waals surface area contributed by atoms with Crippen LogP contribution in [0.15, 0.2) is 42.5 Å². The second kappa shape index (κ2) is 3.58. The number of nitrogen functional groups attached to an aromatic ring is 1. The van der Waals surface area contributed by atoms with Gasteiger partial charge in [0.15, 0.2) is 0 Å². The molecule has 1 aromatic rings. The fraction of sp³-hybridized carbons (Fsp3) is 0.286. The molecule has 1 nitrogen and oxygen atoms in total. The van der Waals surface area contributed by atoms with E-state index in [-0.39, 0.29) is 5.41 Å². The minimum absolute atomic E-state index is 0.285. The van der Waals surface area contributed by atoms with Gasteiger partial charge < -0.3 is 5.73 Å². The third-order valence-corrected chi connectivity index (χ3v) is 2.83. The summed E-state index contributed by atoms with van der Waals surface area (Å²) < 4.78 is 0. The molecular weight excluding hydrogens is 182 g/mol. The van der Waals surface area contributed by atoms with E-state index in [1.165, 1.54) is 5.57 Å². The summed E-state index contributed by atoms with van der Waals surface area (Å²) in [5, 5.41) is 0. The topological polar surface area (TPSA) is 26.0 Å². The molecule has 0 amide bonds. The average Bonchev–Trinajstić information content (AvgIpc) is 2.19. The molecule has 0 bridgehead atoms. The van der Waals surface area contributed by atoms with Gasteiger partial charge in [0.1, 0.15) is 0 Å². The van der Waals surface area contributed by atoms with Crippen LogP contribution in [0.5, 0.6) is 0 Å². The molecule has 0 fully saturated rings. The molecule has 0 unspecified atom stereocenters. The van der Waals surface area contributed by atoms with Gasteiger partial charge in [0.25, 0.3) is 0 Å². The molecule has 2 rings (SSSR count). The monoisotopic (exact) mass is 199 g/mol. The number of anilines is 1. The molecule has 1 aliphatic rings. The van der Waals surface area contributed by atoms with Gasteiger partial charge >= 0.3 is 0 Å². The van der Waals surface area contributed by atoms with Crippen molar-refractivity contribution >= 4 is 11.3 Å². The summed E-state index contributed by atoms with van der Waals surface area (Å²) in [5.74, 6) is 0. The Hall–Kier alpha value is -1.50. The van der Waals surface area contributed by atoms with Gasteiger partial charge in [-0.15, -0.1) is 0 Å².